The highest BCUT2D eigenvalue weighted by Gasteiger charge is 2.41. The molecule has 0 bridgehead atoms. The SMILES string of the molecule is O=C(COC(=O)C(O)(c1ccccc1)c1ccccc1)Nc1ccc(F)cc1. The van der Waals surface area contributed by atoms with E-state index in [1.54, 1.807) is 60.7 Å². The number of rotatable bonds is 6. The normalized spacial score (nSPS) is 10.9. The lowest BCUT2D eigenvalue weighted by atomic mass is 9.86. The summed E-state index contributed by atoms with van der Waals surface area (Å²) in [5, 5.41) is 13.7. The van der Waals surface area contributed by atoms with Crippen LogP contribution in [0.25, 0.3) is 0 Å². The number of amides is 1. The van der Waals surface area contributed by atoms with E-state index in [1.165, 1.54) is 24.3 Å². The number of carbonyl (C=O) groups is 2. The van der Waals surface area contributed by atoms with Crippen LogP contribution in [0.3, 0.4) is 0 Å². The summed E-state index contributed by atoms with van der Waals surface area (Å²) in [6, 6.07) is 21.9. The van der Waals surface area contributed by atoms with Crippen molar-refractivity contribution in [3.63, 3.8) is 0 Å². The van der Waals surface area contributed by atoms with Crippen LogP contribution in [0.4, 0.5) is 10.1 Å². The van der Waals surface area contributed by atoms with E-state index in [0.29, 0.717) is 16.8 Å². The van der Waals surface area contributed by atoms with Crippen molar-refractivity contribution in [3.8, 4) is 0 Å². The largest absolute Gasteiger partial charge is 0.453 e. The van der Waals surface area contributed by atoms with Gasteiger partial charge >= 0.3 is 5.97 Å². The second kappa shape index (κ2) is 8.45. The van der Waals surface area contributed by atoms with Crippen LogP contribution in [0.2, 0.25) is 0 Å². The Bertz CT molecular complexity index is 904. The van der Waals surface area contributed by atoms with Crippen LogP contribution >= 0.6 is 0 Å². The number of anilines is 1. The van der Waals surface area contributed by atoms with E-state index in [0.717, 1.165) is 0 Å². The summed E-state index contributed by atoms with van der Waals surface area (Å²) in [6.45, 7) is -0.599. The molecule has 0 radical (unpaired) electrons. The fourth-order valence-electron chi connectivity index (χ4n) is 2.73. The van der Waals surface area contributed by atoms with E-state index >= 15 is 0 Å². The van der Waals surface area contributed by atoms with Gasteiger partial charge in [-0.2, -0.15) is 0 Å². The first-order chi connectivity index (χ1) is 13.5. The van der Waals surface area contributed by atoms with Gasteiger partial charge in [0.05, 0.1) is 0 Å². The quantitative estimate of drug-likeness (QED) is 0.645. The Morgan fingerprint density at radius 1 is 0.857 bits per heavy atom. The molecule has 28 heavy (non-hydrogen) atoms. The average molecular weight is 379 g/mol. The van der Waals surface area contributed by atoms with Crippen LogP contribution in [-0.2, 0) is 19.9 Å². The molecule has 0 fully saturated rings. The van der Waals surface area contributed by atoms with Crippen molar-refractivity contribution in [2.45, 2.75) is 5.60 Å². The molecule has 0 aliphatic heterocycles. The van der Waals surface area contributed by atoms with Gasteiger partial charge in [0.15, 0.2) is 6.61 Å². The van der Waals surface area contributed by atoms with Gasteiger partial charge in [-0.1, -0.05) is 60.7 Å². The van der Waals surface area contributed by atoms with Crippen LogP contribution in [0.15, 0.2) is 84.9 Å². The maximum atomic E-state index is 12.9. The molecule has 0 saturated heterocycles. The van der Waals surface area contributed by atoms with E-state index in [2.05, 4.69) is 5.32 Å². The first-order valence-corrected chi connectivity index (χ1v) is 8.56. The Labute approximate surface area is 161 Å². The number of benzene rings is 3. The lowest BCUT2D eigenvalue weighted by Crippen LogP contribution is -2.39. The number of hydrogen-bond donors (Lipinski definition) is 2. The molecule has 0 atom stereocenters. The zero-order chi connectivity index (χ0) is 20.0. The van der Waals surface area contributed by atoms with E-state index in [1.807, 2.05) is 0 Å². The van der Waals surface area contributed by atoms with Gasteiger partial charge in [0.1, 0.15) is 5.82 Å². The number of hydrogen-bond acceptors (Lipinski definition) is 4. The maximum absolute atomic E-state index is 12.9. The second-order valence-corrected chi connectivity index (χ2v) is 6.07. The molecule has 0 heterocycles. The predicted octanol–water partition coefficient (Wildman–Crippen LogP) is 3.24. The van der Waals surface area contributed by atoms with Gasteiger partial charge in [-0.15, -0.1) is 0 Å². The fourth-order valence-corrected chi connectivity index (χ4v) is 2.73. The number of nitrogens with one attached hydrogen (secondary N) is 1. The minimum absolute atomic E-state index is 0.324. The van der Waals surface area contributed by atoms with E-state index < -0.39 is 29.9 Å². The Kier molecular flexibility index (Phi) is 5.81. The third-order valence-electron chi connectivity index (χ3n) is 4.14. The van der Waals surface area contributed by atoms with Crippen LogP contribution in [0.1, 0.15) is 11.1 Å². The van der Waals surface area contributed by atoms with Crippen molar-refractivity contribution in [1.29, 1.82) is 0 Å². The molecule has 3 rings (SSSR count). The van der Waals surface area contributed by atoms with Gasteiger partial charge in [-0.25, -0.2) is 9.18 Å². The number of ether oxygens (including phenoxy) is 1. The Hall–Kier alpha value is -3.51. The van der Waals surface area contributed by atoms with Gasteiger partial charge in [-0.05, 0) is 35.4 Å². The Balaban J connectivity index is 1.75. The summed E-state index contributed by atoms with van der Waals surface area (Å²) in [6.07, 6.45) is 0. The second-order valence-electron chi connectivity index (χ2n) is 6.07. The topological polar surface area (TPSA) is 75.6 Å². The molecular weight excluding hydrogens is 361 g/mol. The molecule has 6 heteroatoms. The molecule has 0 unspecified atom stereocenters. The van der Waals surface area contributed by atoms with Crippen molar-refractivity contribution < 1.29 is 23.8 Å². The third-order valence-corrected chi connectivity index (χ3v) is 4.14. The zero-order valence-electron chi connectivity index (χ0n) is 14.8. The highest BCUT2D eigenvalue weighted by molar-refractivity contribution is 5.94. The van der Waals surface area contributed by atoms with Gasteiger partial charge in [0, 0.05) is 5.69 Å². The Morgan fingerprint density at radius 2 is 1.36 bits per heavy atom. The summed E-state index contributed by atoms with van der Waals surface area (Å²) in [5.41, 5.74) is -1.04. The molecule has 0 aromatic heterocycles. The molecule has 0 aliphatic rings. The summed E-state index contributed by atoms with van der Waals surface area (Å²) < 4.78 is 18.0. The Morgan fingerprint density at radius 3 is 1.86 bits per heavy atom. The summed E-state index contributed by atoms with van der Waals surface area (Å²) in [4.78, 5) is 24.8. The zero-order valence-corrected chi connectivity index (χ0v) is 14.8. The van der Waals surface area contributed by atoms with E-state index in [9.17, 15) is 19.1 Å². The molecule has 1 amide bonds. The van der Waals surface area contributed by atoms with E-state index in [4.69, 9.17) is 4.74 Å². The van der Waals surface area contributed by atoms with Gasteiger partial charge in [0.2, 0.25) is 5.60 Å². The minimum atomic E-state index is -2.06. The first-order valence-electron chi connectivity index (χ1n) is 8.56. The first kappa shape index (κ1) is 19.3. The molecule has 0 spiro atoms. The standard InChI is InChI=1S/C22H18FNO4/c23-18-11-13-19(14-12-18)24-20(25)15-28-21(26)22(27,16-7-3-1-4-8-16)17-9-5-2-6-10-17/h1-14,27H,15H2,(H,24,25). The van der Waals surface area contributed by atoms with Gasteiger partial charge in [-0.3, -0.25) is 4.79 Å². The number of halogens is 1. The molecule has 3 aromatic rings. The van der Waals surface area contributed by atoms with Crippen LogP contribution in [-0.4, -0.2) is 23.6 Å². The molecular formula is C22H18FNO4. The van der Waals surface area contributed by atoms with Crippen molar-refractivity contribution in [2.75, 3.05) is 11.9 Å². The molecule has 2 N–H and O–H groups in total. The highest BCUT2D eigenvalue weighted by Crippen LogP contribution is 2.31. The fraction of sp³-hybridized carbons (Fsp3) is 0.0909. The van der Waals surface area contributed by atoms with Gasteiger partial charge in [0.25, 0.3) is 5.91 Å². The van der Waals surface area contributed by atoms with E-state index in [-0.39, 0.29) is 0 Å². The summed E-state index contributed by atoms with van der Waals surface area (Å²) >= 11 is 0. The number of carbonyl (C=O) groups excluding carboxylic acids is 2. The third kappa shape index (κ3) is 4.24. The van der Waals surface area contributed by atoms with Crippen molar-refractivity contribution >= 4 is 17.6 Å². The lowest BCUT2D eigenvalue weighted by Gasteiger charge is -2.26. The lowest BCUT2D eigenvalue weighted by molar-refractivity contribution is -0.163. The van der Waals surface area contributed by atoms with Crippen LogP contribution in [0.5, 0.6) is 0 Å². The van der Waals surface area contributed by atoms with Crippen molar-refractivity contribution in [2.24, 2.45) is 0 Å². The smallest absolute Gasteiger partial charge is 0.348 e. The molecule has 3 aromatic carbocycles. The monoisotopic (exact) mass is 379 g/mol. The highest BCUT2D eigenvalue weighted by atomic mass is 19.1. The molecule has 0 aliphatic carbocycles. The molecule has 5 nitrogen and oxygen atoms in total. The summed E-state index contributed by atoms with van der Waals surface area (Å²) in [7, 11) is 0. The van der Waals surface area contributed by atoms with Crippen LogP contribution < -0.4 is 5.32 Å². The van der Waals surface area contributed by atoms with Crippen molar-refractivity contribution in [1.82, 2.24) is 0 Å². The molecule has 0 saturated carbocycles. The minimum Gasteiger partial charge on any atom is -0.453 e. The number of aliphatic hydroxyl groups is 1. The predicted molar refractivity (Wildman–Crippen MR) is 102 cm³/mol. The summed E-state index contributed by atoms with van der Waals surface area (Å²) in [5.74, 6) is -2.01. The van der Waals surface area contributed by atoms with Gasteiger partial charge < -0.3 is 15.2 Å². The molecule has 142 valence electrons. The van der Waals surface area contributed by atoms with Crippen LogP contribution in [0, 0.1) is 5.82 Å². The van der Waals surface area contributed by atoms with Crippen molar-refractivity contribution in [3.05, 3.63) is 102 Å². The average Bonchev–Trinajstić information content (AvgIpc) is 2.74. The number of esters is 1. The maximum Gasteiger partial charge on any atom is 0.348 e.